The maximum atomic E-state index is 12.9. The lowest BCUT2D eigenvalue weighted by Crippen LogP contribution is -2.14. The molecular formula is C23H21BrClN5OS. The molecule has 0 bridgehead atoms. The van der Waals surface area contributed by atoms with Crippen LogP contribution >= 0.6 is 38.9 Å². The van der Waals surface area contributed by atoms with Crippen LogP contribution < -0.4 is 5.32 Å². The van der Waals surface area contributed by atoms with Crippen molar-refractivity contribution in [2.45, 2.75) is 34.1 Å². The monoisotopic (exact) mass is 529 g/mol. The molecule has 0 radical (unpaired) electrons. The van der Waals surface area contributed by atoms with Crippen LogP contribution in [0, 0.1) is 27.7 Å². The van der Waals surface area contributed by atoms with E-state index in [0.717, 1.165) is 31.9 Å². The zero-order valence-electron chi connectivity index (χ0n) is 18.0. The number of carbonyl (C=O) groups is 1. The number of hydrogen-bond acceptors (Lipinski definition) is 5. The molecule has 0 aliphatic rings. The zero-order valence-corrected chi connectivity index (χ0v) is 21.2. The van der Waals surface area contributed by atoms with Gasteiger partial charge in [-0.1, -0.05) is 28.9 Å². The quantitative estimate of drug-likeness (QED) is 0.333. The third-order valence-electron chi connectivity index (χ3n) is 5.31. The fourth-order valence-electron chi connectivity index (χ4n) is 3.28. The second kappa shape index (κ2) is 9.13. The van der Waals surface area contributed by atoms with Crippen molar-refractivity contribution in [3.8, 4) is 5.69 Å². The number of amides is 1. The van der Waals surface area contributed by atoms with Crippen LogP contribution in [0.3, 0.4) is 0 Å². The minimum absolute atomic E-state index is 0.275. The Bertz CT molecular complexity index is 1330. The second-order valence-electron chi connectivity index (χ2n) is 7.61. The van der Waals surface area contributed by atoms with Crippen molar-refractivity contribution in [3.63, 3.8) is 0 Å². The smallest absolute Gasteiger partial charge is 0.279 e. The lowest BCUT2D eigenvalue weighted by molar-refractivity contribution is 0.102. The molecule has 2 aromatic heterocycles. The first-order valence-corrected chi connectivity index (χ1v) is 11.9. The lowest BCUT2D eigenvalue weighted by atomic mass is 10.1. The van der Waals surface area contributed by atoms with Gasteiger partial charge >= 0.3 is 0 Å². The highest BCUT2D eigenvalue weighted by molar-refractivity contribution is 9.10. The molecule has 6 nitrogen and oxygen atoms in total. The van der Waals surface area contributed by atoms with Gasteiger partial charge in [-0.3, -0.25) is 10.1 Å². The molecule has 0 fully saturated rings. The topological polar surface area (TPSA) is 72.7 Å². The van der Waals surface area contributed by atoms with E-state index < -0.39 is 0 Å². The van der Waals surface area contributed by atoms with Crippen LogP contribution in [0.5, 0.6) is 0 Å². The van der Waals surface area contributed by atoms with Crippen LogP contribution in [0.1, 0.15) is 43.4 Å². The van der Waals surface area contributed by atoms with Gasteiger partial charge in [0.25, 0.3) is 5.91 Å². The SMILES string of the molecule is Cc1ccc(-n2nnc(C(=O)Nc3nc(C)c(Cc4ccc(Br)c(Cl)c4)s3)c2C)cc1C. The molecule has 0 saturated carbocycles. The Morgan fingerprint density at radius 3 is 2.62 bits per heavy atom. The van der Waals surface area contributed by atoms with Crippen molar-refractivity contribution in [2.24, 2.45) is 0 Å². The van der Waals surface area contributed by atoms with Crippen LogP contribution in [0.4, 0.5) is 5.13 Å². The van der Waals surface area contributed by atoms with E-state index in [2.05, 4.69) is 43.5 Å². The summed E-state index contributed by atoms with van der Waals surface area (Å²) in [7, 11) is 0. The van der Waals surface area contributed by atoms with E-state index in [-0.39, 0.29) is 11.6 Å². The highest BCUT2D eigenvalue weighted by Crippen LogP contribution is 2.29. The number of anilines is 1. The standard InChI is InChI=1S/C23H21BrClN5OS/c1-12-5-7-17(9-13(12)2)30-15(4)21(28-29-30)22(31)27-23-26-14(3)20(32-23)11-16-6-8-18(24)19(25)10-16/h5-10H,11H2,1-4H3,(H,26,27,31). The average Bonchev–Trinajstić information content (AvgIpc) is 3.29. The Morgan fingerprint density at radius 1 is 1.12 bits per heavy atom. The normalized spacial score (nSPS) is 11.1. The summed E-state index contributed by atoms with van der Waals surface area (Å²) >= 11 is 11.1. The van der Waals surface area contributed by atoms with Gasteiger partial charge in [-0.2, -0.15) is 0 Å². The van der Waals surface area contributed by atoms with E-state index in [1.165, 1.54) is 16.9 Å². The summed E-state index contributed by atoms with van der Waals surface area (Å²) in [5.74, 6) is -0.329. The number of benzene rings is 2. The molecule has 0 saturated heterocycles. The van der Waals surface area contributed by atoms with Gasteiger partial charge in [0.1, 0.15) is 0 Å². The number of hydrogen-bond donors (Lipinski definition) is 1. The molecule has 2 aromatic carbocycles. The summed E-state index contributed by atoms with van der Waals surface area (Å²) in [5, 5.41) is 12.4. The first-order chi connectivity index (χ1) is 15.2. The lowest BCUT2D eigenvalue weighted by Gasteiger charge is -2.06. The van der Waals surface area contributed by atoms with Crippen molar-refractivity contribution in [1.82, 2.24) is 20.0 Å². The van der Waals surface area contributed by atoms with Gasteiger partial charge in [0.15, 0.2) is 10.8 Å². The fourth-order valence-corrected chi connectivity index (χ4v) is 4.72. The minimum Gasteiger partial charge on any atom is -0.296 e. The van der Waals surface area contributed by atoms with E-state index in [1.54, 1.807) is 4.68 Å². The van der Waals surface area contributed by atoms with E-state index in [1.807, 2.05) is 57.2 Å². The Labute approximate surface area is 203 Å². The molecule has 2 heterocycles. The molecule has 0 unspecified atom stereocenters. The summed E-state index contributed by atoms with van der Waals surface area (Å²) in [6.07, 6.45) is 0.689. The summed E-state index contributed by atoms with van der Waals surface area (Å²) < 4.78 is 2.54. The van der Waals surface area contributed by atoms with Crippen molar-refractivity contribution >= 4 is 49.9 Å². The molecule has 0 aliphatic heterocycles. The second-order valence-corrected chi connectivity index (χ2v) is 9.96. The van der Waals surface area contributed by atoms with Crippen LogP contribution in [-0.4, -0.2) is 25.9 Å². The Morgan fingerprint density at radius 2 is 1.91 bits per heavy atom. The number of carbonyl (C=O) groups excluding carboxylic acids is 1. The molecule has 164 valence electrons. The summed E-state index contributed by atoms with van der Waals surface area (Å²) in [5.41, 5.74) is 6.12. The summed E-state index contributed by atoms with van der Waals surface area (Å²) in [6, 6.07) is 11.9. The van der Waals surface area contributed by atoms with Crippen LogP contribution in [0.2, 0.25) is 5.02 Å². The number of nitrogens with zero attached hydrogens (tertiary/aromatic N) is 4. The maximum absolute atomic E-state index is 12.9. The predicted molar refractivity (Wildman–Crippen MR) is 132 cm³/mol. The van der Waals surface area contributed by atoms with E-state index in [9.17, 15) is 4.79 Å². The van der Waals surface area contributed by atoms with Gasteiger partial charge in [-0.05, 0) is 84.6 Å². The largest absolute Gasteiger partial charge is 0.296 e. The van der Waals surface area contributed by atoms with Gasteiger partial charge in [0, 0.05) is 15.8 Å². The van der Waals surface area contributed by atoms with Gasteiger partial charge < -0.3 is 0 Å². The molecule has 1 amide bonds. The number of aryl methyl sites for hydroxylation is 3. The first-order valence-electron chi connectivity index (χ1n) is 9.94. The van der Waals surface area contributed by atoms with E-state index in [0.29, 0.717) is 22.3 Å². The van der Waals surface area contributed by atoms with E-state index in [4.69, 9.17) is 11.6 Å². The van der Waals surface area contributed by atoms with Crippen molar-refractivity contribution < 1.29 is 4.79 Å². The maximum Gasteiger partial charge on any atom is 0.279 e. The minimum atomic E-state index is -0.329. The molecule has 0 spiro atoms. The number of rotatable bonds is 5. The van der Waals surface area contributed by atoms with Crippen LogP contribution in [0.15, 0.2) is 40.9 Å². The number of aromatic nitrogens is 4. The molecule has 4 rings (SSSR count). The van der Waals surface area contributed by atoms with Crippen LogP contribution in [0.25, 0.3) is 5.69 Å². The Kier molecular flexibility index (Phi) is 6.46. The van der Waals surface area contributed by atoms with Gasteiger partial charge in [0.2, 0.25) is 0 Å². The third-order valence-corrected chi connectivity index (χ3v) is 7.61. The molecule has 0 atom stereocenters. The first kappa shape index (κ1) is 22.6. The van der Waals surface area contributed by atoms with Crippen molar-refractivity contribution in [2.75, 3.05) is 5.32 Å². The number of nitrogens with one attached hydrogen (secondary N) is 1. The fraction of sp³-hybridized carbons (Fsp3) is 0.217. The van der Waals surface area contributed by atoms with Crippen LogP contribution in [-0.2, 0) is 6.42 Å². The molecule has 0 aliphatic carbocycles. The van der Waals surface area contributed by atoms with Crippen molar-refractivity contribution in [1.29, 1.82) is 0 Å². The van der Waals surface area contributed by atoms with Gasteiger partial charge in [0.05, 0.1) is 22.1 Å². The van der Waals surface area contributed by atoms with Gasteiger partial charge in [-0.15, -0.1) is 16.4 Å². The highest BCUT2D eigenvalue weighted by atomic mass is 79.9. The average molecular weight is 531 g/mol. The highest BCUT2D eigenvalue weighted by Gasteiger charge is 2.20. The molecular weight excluding hydrogens is 510 g/mol. The van der Waals surface area contributed by atoms with Gasteiger partial charge in [-0.25, -0.2) is 9.67 Å². The Hall–Kier alpha value is -2.55. The zero-order chi connectivity index (χ0) is 23.0. The molecule has 9 heteroatoms. The molecule has 32 heavy (non-hydrogen) atoms. The summed E-state index contributed by atoms with van der Waals surface area (Å²) in [6.45, 7) is 7.87. The van der Waals surface area contributed by atoms with E-state index >= 15 is 0 Å². The summed E-state index contributed by atoms with van der Waals surface area (Å²) in [4.78, 5) is 18.5. The molecule has 1 N–H and O–H groups in total. The number of halogens is 2. The molecule has 4 aromatic rings. The predicted octanol–water partition coefficient (Wildman–Crippen LogP) is 6.22. The Balaban J connectivity index is 1.52. The number of thiazole rings is 1. The third kappa shape index (κ3) is 4.62. The van der Waals surface area contributed by atoms with Crippen molar-refractivity contribution in [3.05, 3.63) is 84.5 Å².